The second kappa shape index (κ2) is 4.28. The lowest BCUT2D eigenvalue weighted by Crippen LogP contribution is -2.00. The molecule has 96 valence electrons. The SMILES string of the molecule is Cc1nccn1Cc1ccc2oc(C(=O)O)cc2c1. The fourth-order valence-electron chi connectivity index (χ4n) is 2.06. The molecule has 0 atom stereocenters. The molecule has 0 aliphatic heterocycles. The molecule has 0 aliphatic rings. The molecule has 5 heteroatoms. The van der Waals surface area contributed by atoms with Crippen molar-refractivity contribution in [1.29, 1.82) is 0 Å². The number of carboxylic acids is 1. The van der Waals surface area contributed by atoms with Crippen LogP contribution < -0.4 is 0 Å². The summed E-state index contributed by atoms with van der Waals surface area (Å²) in [5, 5.41) is 9.69. The predicted octanol–water partition coefficient (Wildman–Crippen LogP) is 2.68. The summed E-state index contributed by atoms with van der Waals surface area (Å²) in [7, 11) is 0. The van der Waals surface area contributed by atoms with Gasteiger partial charge in [-0.05, 0) is 30.7 Å². The molecule has 1 N–H and O–H groups in total. The average molecular weight is 256 g/mol. The summed E-state index contributed by atoms with van der Waals surface area (Å²) in [5.74, 6) is -0.146. The summed E-state index contributed by atoms with van der Waals surface area (Å²) in [6.45, 7) is 2.65. The Morgan fingerprint density at radius 3 is 2.95 bits per heavy atom. The van der Waals surface area contributed by atoms with Crippen molar-refractivity contribution >= 4 is 16.9 Å². The number of hydrogen-bond donors (Lipinski definition) is 1. The number of nitrogens with zero attached hydrogens (tertiary/aromatic N) is 2. The predicted molar refractivity (Wildman–Crippen MR) is 69.2 cm³/mol. The minimum Gasteiger partial charge on any atom is -0.475 e. The van der Waals surface area contributed by atoms with Gasteiger partial charge in [0.1, 0.15) is 11.4 Å². The first kappa shape index (κ1) is 11.5. The highest BCUT2D eigenvalue weighted by molar-refractivity contribution is 5.91. The van der Waals surface area contributed by atoms with Gasteiger partial charge in [-0.3, -0.25) is 0 Å². The molecule has 1 aromatic carbocycles. The molecule has 0 radical (unpaired) electrons. The number of fused-ring (bicyclic) bond motifs is 1. The number of furan rings is 1. The lowest BCUT2D eigenvalue weighted by Gasteiger charge is -2.04. The van der Waals surface area contributed by atoms with Gasteiger partial charge in [0.2, 0.25) is 5.76 Å². The molecule has 2 heterocycles. The van der Waals surface area contributed by atoms with Crippen LogP contribution in [0, 0.1) is 6.92 Å². The fraction of sp³-hybridized carbons (Fsp3) is 0.143. The quantitative estimate of drug-likeness (QED) is 0.782. The molecular formula is C14H12N2O3. The number of hydrogen-bond acceptors (Lipinski definition) is 3. The Hall–Kier alpha value is -2.56. The fourth-order valence-corrected chi connectivity index (χ4v) is 2.06. The van der Waals surface area contributed by atoms with E-state index < -0.39 is 5.97 Å². The Bertz CT molecular complexity index is 755. The molecule has 3 rings (SSSR count). The van der Waals surface area contributed by atoms with E-state index in [2.05, 4.69) is 4.98 Å². The van der Waals surface area contributed by atoms with Gasteiger partial charge in [0.15, 0.2) is 0 Å². The zero-order chi connectivity index (χ0) is 13.4. The Kier molecular flexibility index (Phi) is 2.59. The summed E-state index contributed by atoms with van der Waals surface area (Å²) < 4.78 is 7.25. The molecule has 5 nitrogen and oxygen atoms in total. The molecule has 0 saturated carbocycles. The van der Waals surface area contributed by atoms with E-state index in [1.807, 2.05) is 29.8 Å². The molecule has 0 bridgehead atoms. The monoisotopic (exact) mass is 256 g/mol. The van der Waals surface area contributed by atoms with Crippen LogP contribution in [-0.2, 0) is 6.54 Å². The van der Waals surface area contributed by atoms with Crippen molar-refractivity contribution in [3.05, 3.63) is 53.8 Å². The first-order chi connectivity index (χ1) is 9.13. The van der Waals surface area contributed by atoms with Crippen LogP contribution >= 0.6 is 0 Å². The van der Waals surface area contributed by atoms with Gasteiger partial charge in [0.25, 0.3) is 0 Å². The van der Waals surface area contributed by atoms with Crippen LogP contribution in [0.15, 0.2) is 41.1 Å². The number of aromatic carboxylic acids is 1. The smallest absolute Gasteiger partial charge is 0.371 e. The number of carbonyl (C=O) groups is 1. The van der Waals surface area contributed by atoms with E-state index in [0.29, 0.717) is 12.1 Å². The normalized spacial score (nSPS) is 11.0. The summed E-state index contributed by atoms with van der Waals surface area (Å²) in [5.41, 5.74) is 1.66. The van der Waals surface area contributed by atoms with Crippen LogP contribution in [-0.4, -0.2) is 20.6 Å². The van der Waals surface area contributed by atoms with E-state index in [9.17, 15) is 4.79 Å². The number of rotatable bonds is 3. The lowest BCUT2D eigenvalue weighted by molar-refractivity contribution is 0.0665. The van der Waals surface area contributed by atoms with Gasteiger partial charge in [0, 0.05) is 24.3 Å². The maximum absolute atomic E-state index is 10.9. The van der Waals surface area contributed by atoms with Crippen LogP contribution in [0.1, 0.15) is 21.9 Å². The van der Waals surface area contributed by atoms with Gasteiger partial charge in [-0.1, -0.05) is 6.07 Å². The summed E-state index contributed by atoms with van der Waals surface area (Å²) in [6.07, 6.45) is 3.67. The number of benzene rings is 1. The van der Waals surface area contributed by atoms with Crippen LogP contribution in [0.4, 0.5) is 0 Å². The van der Waals surface area contributed by atoms with Crippen LogP contribution in [0.2, 0.25) is 0 Å². The molecule has 0 unspecified atom stereocenters. The Labute approximate surface area is 109 Å². The molecule has 19 heavy (non-hydrogen) atoms. The minimum atomic E-state index is -1.05. The van der Waals surface area contributed by atoms with Crippen molar-refractivity contribution in [2.75, 3.05) is 0 Å². The van der Waals surface area contributed by atoms with Crippen LogP contribution in [0.3, 0.4) is 0 Å². The van der Waals surface area contributed by atoms with Gasteiger partial charge in [-0.15, -0.1) is 0 Å². The molecular weight excluding hydrogens is 244 g/mol. The van der Waals surface area contributed by atoms with Gasteiger partial charge in [0.05, 0.1) is 0 Å². The zero-order valence-corrected chi connectivity index (χ0v) is 10.3. The van der Waals surface area contributed by atoms with Crippen LogP contribution in [0.25, 0.3) is 11.0 Å². The Balaban J connectivity index is 1.97. The molecule has 0 fully saturated rings. The third-order valence-corrected chi connectivity index (χ3v) is 3.07. The third kappa shape index (κ3) is 2.10. The molecule has 3 aromatic rings. The first-order valence-corrected chi connectivity index (χ1v) is 5.87. The minimum absolute atomic E-state index is 0.0361. The van der Waals surface area contributed by atoms with E-state index in [1.54, 1.807) is 18.3 Å². The summed E-state index contributed by atoms with van der Waals surface area (Å²) >= 11 is 0. The topological polar surface area (TPSA) is 68.3 Å². The molecule has 0 spiro atoms. The van der Waals surface area contributed by atoms with Gasteiger partial charge in [-0.2, -0.15) is 0 Å². The highest BCUT2D eigenvalue weighted by Gasteiger charge is 2.10. The van der Waals surface area contributed by atoms with Crippen molar-refractivity contribution in [2.24, 2.45) is 0 Å². The van der Waals surface area contributed by atoms with E-state index in [1.165, 1.54) is 0 Å². The maximum Gasteiger partial charge on any atom is 0.371 e. The van der Waals surface area contributed by atoms with E-state index >= 15 is 0 Å². The van der Waals surface area contributed by atoms with Crippen molar-refractivity contribution in [3.8, 4) is 0 Å². The number of aryl methyl sites for hydroxylation is 1. The van der Waals surface area contributed by atoms with Crippen molar-refractivity contribution in [2.45, 2.75) is 13.5 Å². The molecule has 0 saturated heterocycles. The average Bonchev–Trinajstić information content (AvgIpc) is 2.96. The first-order valence-electron chi connectivity index (χ1n) is 5.87. The zero-order valence-electron chi connectivity index (χ0n) is 10.3. The highest BCUT2D eigenvalue weighted by atomic mass is 16.4. The maximum atomic E-state index is 10.9. The molecule has 0 amide bonds. The van der Waals surface area contributed by atoms with Crippen molar-refractivity contribution in [1.82, 2.24) is 9.55 Å². The van der Waals surface area contributed by atoms with Gasteiger partial charge in [-0.25, -0.2) is 9.78 Å². The Morgan fingerprint density at radius 2 is 2.26 bits per heavy atom. The Morgan fingerprint density at radius 1 is 1.42 bits per heavy atom. The standard InChI is InChI=1S/C14H12N2O3/c1-9-15-4-5-16(9)8-10-2-3-12-11(6-10)7-13(19-12)14(17)18/h2-7H,8H2,1H3,(H,17,18). The second-order valence-corrected chi connectivity index (χ2v) is 4.39. The van der Waals surface area contributed by atoms with Crippen molar-refractivity contribution < 1.29 is 14.3 Å². The highest BCUT2D eigenvalue weighted by Crippen LogP contribution is 2.21. The molecule has 0 aliphatic carbocycles. The summed E-state index contributed by atoms with van der Waals surface area (Å²) in [4.78, 5) is 15.0. The van der Waals surface area contributed by atoms with Gasteiger partial charge >= 0.3 is 5.97 Å². The van der Waals surface area contributed by atoms with E-state index in [-0.39, 0.29) is 5.76 Å². The second-order valence-electron chi connectivity index (χ2n) is 4.39. The summed E-state index contributed by atoms with van der Waals surface area (Å²) in [6, 6.07) is 7.20. The van der Waals surface area contributed by atoms with Crippen molar-refractivity contribution in [3.63, 3.8) is 0 Å². The number of imidazole rings is 1. The number of carboxylic acid groups (broad SMARTS) is 1. The van der Waals surface area contributed by atoms with E-state index in [4.69, 9.17) is 9.52 Å². The third-order valence-electron chi connectivity index (χ3n) is 3.07. The number of aromatic nitrogens is 2. The lowest BCUT2D eigenvalue weighted by atomic mass is 10.1. The molecule has 2 aromatic heterocycles. The largest absolute Gasteiger partial charge is 0.475 e. The van der Waals surface area contributed by atoms with Gasteiger partial charge < -0.3 is 14.1 Å². The van der Waals surface area contributed by atoms with E-state index in [0.717, 1.165) is 16.8 Å². The van der Waals surface area contributed by atoms with Crippen LogP contribution in [0.5, 0.6) is 0 Å².